The van der Waals surface area contributed by atoms with Crippen molar-refractivity contribution >= 4 is 15.9 Å². The van der Waals surface area contributed by atoms with Gasteiger partial charge < -0.3 is 14.6 Å². The smallest absolute Gasteiger partial charge is 0.162 e. The molecule has 1 N–H and O–H groups in total. The van der Waals surface area contributed by atoms with Gasteiger partial charge in [-0.3, -0.25) is 0 Å². The van der Waals surface area contributed by atoms with Crippen molar-refractivity contribution in [2.75, 3.05) is 13.2 Å². The second-order valence-electron chi connectivity index (χ2n) is 4.71. The minimum absolute atomic E-state index is 0.410. The van der Waals surface area contributed by atoms with Crippen LogP contribution in [0.3, 0.4) is 0 Å². The van der Waals surface area contributed by atoms with Gasteiger partial charge >= 0.3 is 0 Å². The molecule has 1 unspecified atom stereocenters. The normalized spacial score (nSPS) is 20.1. The zero-order chi connectivity index (χ0) is 11.8. The molecule has 4 heteroatoms. The molecule has 1 aliphatic heterocycles. The number of rotatable bonds is 3. The first-order chi connectivity index (χ1) is 8.24. The van der Waals surface area contributed by atoms with E-state index in [4.69, 9.17) is 9.47 Å². The van der Waals surface area contributed by atoms with Crippen LogP contribution < -0.4 is 9.47 Å². The van der Waals surface area contributed by atoms with Gasteiger partial charge in [-0.1, -0.05) is 28.8 Å². The summed E-state index contributed by atoms with van der Waals surface area (Å²) in [7, 11) is 0. The van der Waals surface area contributed by atoms with Gasteiger partial charge in [0.15, 0.2) is 11.5 Å². The molecule has 0 amide bonds. The summed E-state index contributed by atoms with van der Waals surface area (Å²) in [5.74, 6) is 2.19. The van der Waals surface area contributed by atoms with E-state index in [0.717, 1.165) is 28.0 Å². The minimum atomic E-state index is -0.410. The number of hydrogen-bond acceptors (Lipinski definition) is 3. The van der Waals surface area contributed by atoms with E-state index >= 15 is 0 Å². The highest BCUT2D eigenvalue weighted by atomic mass is 79.9. The van der Waals surface area contributed by atoms with Crippen molar-refractivity contribution in [2.24, 2.45) is 5.92 Å². The predicted molar refractivity (Wildman–Crippen MR) is 67.4 cm³/mol. The van der Waals surface area contributed by atoms with Crippen molar-refractivity contribution < 1.29 is 14.6 Å². The van der Waals surface area contributed by atoms with Gasteiger partial charge in [0.25, 0.3) is 0 Å². The minimum Gasteiger partial charge on any atom is -0.486 e. The molecule has 1 fully saturated rings. The molecule has 0 spiro atoms. The van der Waals surface area contributed by atoms with Crippen LogP contribution in [0.25, 0.3) is 0 Å². The van der Waals surface area contributed by atoms with Crippen LogP contribution in [0.15, 0.2) is 16.6 Å². The van der Waals surface area contributed by atoms with E-state index in [1.807, 2.05) is 12.1 Å². The van der Waals surface area contributed by atoms with E-state index in [9.17, 15) is 5.11 Å². The van der Waals surface area contributed by atoms with Crippen LogP contribution in [0.2, 0.25) is 0 Å². The Balaban J connectivity index is 1.87. The number of ether oxygens (including phenoxy) is 2. The molecule has 0 bridgehead atoms. The van der Waals surface area contributed by atoms with Gasteiger partial charge in [-0.2, -0.15) is 0 Å². The van der Waals surface area contributed by atoms with Gasteiger partial charge in [0.2, 0.25) is 0 Å². The van der Waals surface area contributed by atoms with Gasteiger partial charge in [-0.05, 0) is 30.0 Å². The fourth-order valence-corrected chi connectivity index (χ4v) is 2.72. The average molecular weight is 299 g/mol. The maximum atomic E-state index is 10.2. The highest BCUT2D eigenvalue weighted by Crippen LogP contribution is 2.42. The molecule has 3 nitrogen and oxygen atoms in total. The molecule has 1 aromatic carbocycles. The summed E-state index contributed by atoms with van der Waals surface area (Å²) >= 11 is 3.49. The summed E-state index contributed by atoms with van der Waals surface area (Å²) in [6.45, 7) is 1.16. The Hall–Kier alpha value is -0.740. The van der Waals surface area contributed by atoms with Crippen molar-refractivity contribution in [3.8, 4) is 11.5 Å². The van der Waals surface area contributed by atoms with Gasteiger partial charge in [-0.25, -0.2) is 0 Å². The molecule has 1 atom stereocenters. The summed E-state index contributed by atoms with van der Waals surface area (Å²) in [4.78, 5) is 0. The van der Waals surface area contributed by atoms with Crippen molar-refractivity contribution in [2.45, 2.75) is 25.4 Å². The molecular formula is C13H15BrO3. The Morgan fingerprint density at radius 1 is 1.24 bits per heavy atom. The van der Waals surface area contributed by atoms with E-state index in [0.29, 0.717) is 19.1 Å². The van der Waals surface area contributed by atoms with Crippen molar-refractivity contribution in [3.63, 3.8) is 0 Å². The molecule has 0 saturated heterocycles. The largest absolute Gasteiger partial charge is 0.486 e. The topological polar surface area (TPSA) is 38.7 Å². The Labute approximate surface area is 109 Å². The second-order valence-corrected chi connectivity index (χ2v) is 5.57. The van der Waals surface area contributed by atoms with E-state index in [1.165, 1.54) is 12.8 Å². The van der Waals surface area contributed by atoms with Crippen LogP contribution in [-0.4, -0.2) is 18.3 Å². The highest BCUT2D eigenvalue weighted by Gasteiger charge is 2.27. The number of aliphatic hydroxyl groups excluding tert-OH is 1. The van der Waals surface area contributed by atoms with Crippen LogP contribution in [-0.2, 0) is 0 Å². The Kier molecular flexibility index (Phi) is 3.01. The quantitative estimate of drug-likeness (QED) is 0.932. The molecule has 17 heavy (non-hydrogen) atoms. The summed E-state index contributed by atoms with van der Waals surface area (Å²) in [5, 5.41) is 10.2. The first-order valence-corrected chi connectivity index (χ1v) is 6.80. The molecule has 1 saturated carbocycles. The summed E-state index contributed by atoms with van der Waals surface area (Å²) in [5.41, 5.74) is 0.904. The SMILES string of the molecule is OC(CC1CC1)c1cc2c(cc1Br)OCCO2. The molecule has 0 radical (unpaired) electrons. The van der Waals surface area contributed by atoms with Crippen molar-refractivity contribution in [3.05, 3.63) is 22.2 Å². The first-order valence-electron chi connectivity index (χ1n) is 6.01. The van der Waals surface area contributed by atoms with Gasteiger partial charge in [0, 0.05) is 4.47 Å². The standard InChI is InChI=1S/C13H15BrO3/c14-10-7-13-12(16-3-4-17-13)6-9(10)11(15)5-8-1-2-8/h6-8,11,15H,1-5H2. The first kappa shape index (κ1) is 11.4. The number of benzene rings is 1. The Morgan fingerprint density at radius 3 is 2.53 bits per heavy atom. The van der Waals surface area contributed by atoms with Crippen LogP contribution >= 0.6 is 15.9 Å². The Morgan fingerprint density at radius 2 is 1.88 bits per heavy atom. The van der Waals surface area contributed by atoms with Gasteiger partial charge in [0.1, 0.15) is 13.2 Å². The van der Waals surface area contributed by atoms with Crippen LogP contribution in [0.5, 0.6) is 11.5 Å². The second kappa shape index (κ2) is 4.50. The summed E-state index contributed by atoms with van der Waals surface area (Å²) < 4.78 is 11.9. The lowest BCUT2D eigenvalue weighted by atomic mass is 10.0. The van der Waals surface area contributed by atoms with Crippen LogP contribution in [0, 0.1) is 5.92 Å². The molecule has 0 aromatic heterocycles. The lowest BCUT2D eigenvalue weighted by molar-refractivity contribution is 0.154. The molecule has 1 aromatic rings. The monoisotopic (exact) mass is 298 g/mol. The number of fused-ring (bicyclic) bond motifs is 1. The third-order valence-corrected chi connectivity index (χ3v) is 3.96. The van der Waals surface area contributed by atoms with E-state index in [-0.39, 0.29) is 0 Å². The summed E-state index contributed by atoms with van der Waals surface area (Å²) in [6.07, 6.45) is 2.93. The predicted octanol–water partition coefficient (Wildman–Crippen LogP) is 3.05. The van der Waals surface area contributed by atoms with E-state index in [1.54, 1.807) is 0 Å². The van der Waals surface area contributed by atoms with E-state index < -0.39 is 6.10 Å². The van der Waals surface area contributed by atoms with Crippen molar-refractivity contribution in [1.82, 2.24) is 0 Å². The third kappa shape index (κ3) is 2.43. The van der Waals surface area contributed by atoms with E-state index in [2.05, 4.69) is 15.9 Å². The zero-order valence-corrected chi connectivity index (χ0v) is 11.1. The molecule has 1 heterocycles. The molecule has 3 rings (SSSR count). The Bertz CT molecular complexity index is 429. The maximum absolute atomic E-state index is 10.2. The molecule has 92 valence electrons. The molecular weight excluding hydrogens is 284 g/mol. The zero-order valence-electron chi connectivity index (χ0n) is 9.49. The lowest BCUT2D eigenvalue weighted by Gasteiger charge is -2.21. The maximum Gasteiger partial charge on any atom is 0.162 e. The van der Waals surface area contributed by atoms with Gasteiger partial charge in [-0.15, -0.1) is 0 Å². The van der Waals surface area contributed by atoms with Crippen LogP contribution in [0.4, 0.5) is 0 Å². The fraction of sp³-hybridized carbons (Fsp3) is 0.538. The molecule has 1 aliphatic carbocycles. The van der Waals surface area contributed by atoms with Crippen LogP contribution in [0.1, 0.15) is 30.9 Å². The summed E-state index contributed by atoms with van der Waals surface area (Å²) in [6, 6.07) is 3.78. The third-order valence-electron chi connectivity index (χ3n) is 3.27. The van der Waals surface area contributed by atoms with Gasteiger partial charge in [0.05, 0.1) is 6.10 Å². The average Bonchev–Trinajstić information content (AvgIpc) is 3.12. The fourth-order valence-electron chi connectivity index (χ4n) is 2.13. The highest BCUT2D eigenvalue weighted by molar-refractivity contribution is 9.10. The lowest BCUT2D eigenvalue weighted by Crippen LogP contribution is -2.16. The van der Waals surface area contributed by atoms with Crippen molar-refractivity contribution in [1.29, 1.82) is 0 Å². The molecule has 2 aliphatic rings. The number of hydrogen-bond donors (Lipinski definition) is 1. The number of halogens is 1. The number of aliphatic hydroxyl groups is 1.